The first-order valence-electron chi connectivity index (χ1n) is 8.43. The number of piperazine rings is 1. The average Bonchev–Trinajstić information content (AvgIpc) is 2.64. The molecule has 8 nitrogen and oxygen atoms in total. The number of primary amides is 1. The Morgan fingerprint density at radius 1 is 1.27 bits per heavy atom. The lowest BCUT2D eigenvalue weighted by Crippen LogP contribution is -2.47. The van der Waals surface area contributed by atoms with Gasteiger partial charge in [-0.15, -0.1) is 0 Å². The van der Waals surface area contributed by atoms with Crippen molar-refractivity contribution < 1.29 is 9.53 Å². The molecule has 1 aromatic rings. The molecule has 1 aliphatic heterocycles. The summed E-state index contributed by atoms with van der Waals surface area (Å²) >= 11 is 6.17. The average molecular weight is 377 g/mol. The molecule has 1 saturated heterocycles. The monoisotopic (exact) mass is 376 g/mol. The number of halogens is 1. The number of ether oxygens (including phenoxy) is 1. The molecular weight excluding hydrogens is 356 g/mol. The molecule has 0 aliphatic carbocycles. The molecule has 0 atom stereocenters. The molecule has 0 saturated carbocycles. The quantitative estimate of drug-likeness (QED) is 0.592. The summed E-state index contributed by atoms with van der Waals surface area (Å²) in [7, 11) is 0. The minimum absolute atomic E-state index is 0.143. The van der Waals surface area contributed by atoms with E-state index in [2.05, 4.69) is 16.0 Å². The number of nitrogens with two attached hydrogens (primary N) is 1. The zero-order chi connectivity index (χ0) is 19.1. The number of carbonyl (C=O) groups is 1. The Morgan fingerprint density at radius 3 is 2.46 bits per heavy atom. The van der Waals surface area contributed by atoms with Crippen molar-refractivity contribution in [2.45, 2.75) is 19.8 Å². The number of nitrogens with zero attached hydrogens (tertiary/aromatic N) is 5. The summed E-state index contributed by atoms with van der Waals surface area (Å²) in [4.78, 5) is 19.2. The summed E-state index contributed by atoms with van der Waals surface area (Å²) < 4.78 is 4.73. The van der Waals surface area contributed by atoms with E-state index in [-0.39, 0.29) is 10.7 Å². The molecule has 1 fully saturated rings. The van der Waals surface area contributed by atoms with Crippen molar-refractivity contribution >= 4 is 23.5 Å². The zero-order valence-corrected chi connectivity index (χ0v) is 15.4. The van der Waals surface area contributed by atoms with Gasteiger partial charge in [-0.1, -0.05) is 18.5 Å². The zero-order valence-electron chi connectivity index (χ0n) is 14.7. The van der Waals surface area contributed by atoms with Gasteiger partial charge in [-0.2, -0.15) is 10.5 Å². The number of hydrogen-bond acceptors (Lipinski definition) is 7. The second kappa shape index (κ2) is 9.23. The minimum Gasteiger partial charge on any atom is -0.450 e. The van der Waals surface area contributed by atoms with Gasteiger partial charge >= 0.3 is 6.09 Å². The van der Waals surface area contributed by atoms with Gasteiger partial charge in [0.05, 0.1) is 17.7 Å². The summed E-state index contributed by atoms with van der Waals surface area (Å²) in [5.74, 6) is 0.546. The van der Waals surface area contributed by atoms with Crippen LogP contribution in [0.3, 0.4) is 0 Å². The molecule has 1 aromatic heterocycles. The summed E-state index contributed by atoms with van der Waals surface area (Å²) in [5.41, 5.74) is 6.29. The Kier molecular flexibility index (Phi) is 7.02. The SMILES string of the molecule is CCc1c(C#N)c(Cl)nc(N2CCN(CCCOC(N)=O)CC2)c1C#N. The van der Waals surface area contributed by atoms with E-state index < -0.39 is 6.09 Å². The first-order chi connectivity index (χ1) is 12.5. The van der Waals surface area contributed by atoms with Crippen LogP contribution in [-0.2, 0) is 11.2 Å². The van der Waals surface area contributed by atoms with Crippen molar-refractivity contribution in [1.29, 1.82) is 10.5 Å². The Morgan fingerprint density at radius 2 is 1.92 bits per heavy atom. The molecule has 1 aliphatic rings. The highest BCUT2D eigenvalue weighted by atomic mass is 35.5. The molecule has 26 heavy (non-hydrogen) atoms. The van der Waals surface area contributed by atoms with Crippen LogP contribution in [0.2, 0.25) is 5.15 Å². The van der Waals surface area contributed by atoms with E-state index in [9.17, 15) is 15.3 Å². The van der Waals surface area contributed by atoms with Crippen LogP contribution >= 0.6 is 11.6 Å². The second-order valence-electron chi connectivity index (χ2n) is 5.88. The molecule has 0 bridgehead atoms. The molecule has 2 rings (SSSR count). The largest absolute Gasteiger partial charge is 0.450 e. The molecule has 2 heterocycles. The van der Waals surface area contributed by atoms with Crippen molar-refractivity contribution in [2.75, 3.05) is 44.2 Å². The molecule has 2 N–H and O–H groups in total. The Bertz CT molecular complexity index is 747. The van der Waals surface area contributed by atoms with Gasteiger partial charge in [-0.3, -0.25) is 4.90 Å². The molecule has 0 unspecified atom stereocenters. The Hall–Kier alpha value is -2.55. The minimum atomic E-state index is -0.755. The van der Waals surface area contributed by atoms with Gasteiger partial charge in [0.25, 0.3) is 0 Å². The summed E-state index contributed by atoms with van der Waals surface area (Å²) in [6.45, 7) is 5.98. The number of aromatic nitrogens is 1. The third-order valence-electron chi connectivity index (χ3n) is 4.35. The van der Waals surface area contributed by atoms with E-state index in [0.29, 0.717) is 49.5 Å². The van der Waals surface area contributed by atoms with Crippen molar-refractivity contribution in [3.63, 3.8) is 0 Å². The Balaban J connectivity index is 2.05. The van der Waals surface area contributed by atoms with Crippen LogP contribution in [0, 0.1) is 22.7 Å². The lowest BCUT2D eigenvalue weighted by molar-refractivity contribution is 0.146. The third-order valence-corrected chi connectivity index (χ3v) is 4.62. The normalized spacial score (nSPS) is 14.5. The maximum absolute atomic E-state index is 10.6. The lowest BCUT2D eigenvalue weighted by Gasteiger charge is -2.36. The van der Waals surface area contributed by atoms with E-state index in [1.807, 2.05) is 17.9 Å². The highest BCUT2D eigenvalue weighted by Gasteiger charge is 2.24. The highest BCUT2D eigenvalue weighted by molar-refractivity contribution is 6.30. The molecule has 0 aromatic carbocycles. The summed E-state index contributed by atoms with van der Waals surface area (Å²) in [6.07, 6.45) is 0.503. The molecule has 0 spiro atoms. The fourth-order valence-electron chi connectivity index (χ4n) is 3.05. The van der Waals surface area contributed by atoms with E-state index in [4.69, 9.17) is 22.1 Å². The van der Waals surface area contributed by atoms with Gasteiger partial charge in [-0.05, 0) is 18.4 Å². The molecule has 9 heteroatoms. The van der Waals surface area contributed by atoms with Gasteiger partial charge in [0.1, 0.15) is 23.1 Å². The molecular formula is C17H21ClN6O2. The van der Waals surface area contributed by atoms with E-state index in [1.54, 1.807) is 0 Å². The van der Waals surface area contributed by atoms with Gasteiger partial charge in [-0.25, -0.2) is 9.78 Å². The first-order valence-corrected chi connectivity index (χ1v) is 8.81. The fraction of sp³-hybridized carbons (Fsp3) is 0.529. The van der Waals surface area contributed by atoms with Crippen LogP contribution in [-0.4, -0.2) is 55.3 Å². The van der Waals surface area contributed by atoms with Crippen molar-refractivity contribution in [3.8, 4) is 12.1 Å². The van der Waals surface area contributed by atoms with Crippen LogP contribution in [0.4, 0.5) is 10.6 Å². The number of amides is 1. The smallest absolute Gasteiger partial charge is 0.404 e. The number of anilines is 1. The van der Waals surface area contributed by atoms with Gasteiger partial charge < -0.3 is 15.4 Å². The van der Waals surface area contributed by atoms with Crippen LogP contribution in [0.15, 0.2) is 0 Å². The highest BCUT2D eigenvalue weighted by Crippen LogP contribution is 2.29. The van der Waals surface area contributed by atoms with E-state index >= 15 is 0 Å². The van der Waals surface area contributed by atoms with E-state index in [0.717, 1.165) is 19.6 Å². The summed E-state index contributed by atoms with van der Waals surface area (Å²) in [5, 5.41) is 19.0. The van der Waals surface area contributed by atoms with Gasteiger partial charge in [0, 0.05) is 32.7 Å². The first kappa shape index (κ1) is 19.8. The van der Waals surface area contributed by atoms with Crippen LogP contribution in [0.5, 0.6) is 0 Å². The third kappa shape index (κ3) is 4.54. The Labute approximate surface area is 157 Å². The number of nitriles is 2. The van der Waals surface area contributed by atoms with Crippen LogP contribution in [0.1, 0.15) is 30.0 Å². The number of hydrogen-bond donors (Lipinski definition) is 1. The topological polar surface area (TPSA) is 119 Å². The maximum atomic E-state index is 10.6. The van der Waals surface area contributed by atoms with Crippen molar-refractivity contribution in [3.05, 3.63) is 21.8 Å². The fourth-order valence-corrected chi connectivity index (χ4v) is 3.28. The predicted octanol–water partition coefficient (Wildman–Crippen LogP) is 1.65. The second-order valence-corrected chi connectivity index (χ2v) is 6.24. The van der Waals surface area contributed by atoms with Crippen molar-refractivity contribution in [1.82, 2.24) is 9.88 Å². The predicted molar refractivity (Wildman–Crippen MR) is 96.9 cm³/mol. The molecule has 0 radical (unpaired) electrons. The van der Waals surface area contributed by atoms with Crippen molar-refractivity contribution in [2.24, 2.45) is 5.73 Å². The number of carbonyl (C=O) groups excluding carboxylic acids is 1. The van der Waals surface area contributed by atoms with Crippen LogP contribution in [0.25, 0.3) is 0 Å². The van der Waals surface area contributed by atoms with Gasteiger partial charge in [0.15, 0.2) is 0 Å². The van der Waals surface area contributed by atoms with Crippen LogP contribution < -0.4 is 10.6 Å². The van der Waals surface area contributed by atoms with Gasteiger partial charge in [0.2, 0.25) is 0 Å². The standard InChI is InChI=1S/C17H21ClN6O2/c1-2-12-13(10-19)15(18)22-16(14(12)11-20)24-7-5-23(6-8-24)4-3-9-26-17(21)25/h2-9H2,1H3,(H2,21,25). The molecule has 138 valence electrons. The lowest BCUT2D eigenvalue weighted by atomic mass is 10.0. The maximum Gasteiger partial charge on any atom is 0.404 e. The number of pyridine rings is 1. The number of rotatable bonds is 6. The van der Waals surface area contributed by atoms with E-state index in [1.165, 1.54) is 0 Å². The molecule has 1 amide bonds. The summed E-state index contributed by atoms with van der Waals surface area (Å²) in [6, 6.07) is 4.24.